The lowest BCUT2D eigenvalue weighted by Crippen LogP contribution is -2.17. The zero-order valence-corrected chi connectivity index (χ0v) is 11.3. The lowest BCUT2D eigenvalue weighted by Gasteiger charge is -2.19. The van der Waals surface area contributed by atoms with Crippen molar-refractivity contribution in [2.24, 2.45) is 0 Å². The van der Waals surface area contributed by atoms with Gasteiger partial charge in [-0.3, -0.25) is 0 Å². The molecule has 1 atom stereocenters. The van der Waals surface area contributed by atoms with Crippen LogP contribution in [0, 0.1) is 0 Å². The SMILES string of the molecule is CCCC(NC)c1cc(C(F)(F)F)ccc1Br. The summed E-state index contributed by atoms with van der Waals surface area (Å²) in [5.74, 6) is 0. The fourth-order valence-corrected chi connectivity index (χ4v) is 2.25. The van der Waals surface area contributed by atoms with E-state index in [0.717, 1.165) is 18.9 Å². The van der Waals surface area contributed by atoms with Crippen LogP contribution in [0.5, 0.6) is 0 Å². The maximum absolute atomic E-state index is 12.6. The molecule has 1 aromatic rings. The standard InChI is InChI=1S/C12H15BrF3N/c1-3-4-11(17-2)9-7-8(12(14,15)16)5-6-10(9)13/h5-7,11,17H,3-4H2,1-2H3. The van der Waals surface area contributed by atoms with Gasteiger partial charge in [-0.1, -0.05) is 29.3 Å². The van der Waals surface area contributed by atoms with E-state index in [0.29, 0.717) is 10.0 Å². The zero-order chi connectivity index (χ0) is 13.1. The Hall–Kier alpha value is -0.550. The normalized spacial score (nSPS) is 13.8. The molecule has 0 fully saturated rings. The summed E-state index contributed by atoms with van der Waals surface area (Å²) in [4.78, 5) is 0. The minimum atomic E-state index is -4.29. The molecule has 0 saturated heterocycles. The number of alkyl halides is 3. The Labute approximate surface area is 108 Å². The predicted octanol–water partition coefficient (Wildman–Crippen LogP) is 4.53. The van der Waals surface area contributed by atoms with E-state index in [9.17, 15) is 13.2 Å². The molecule has 1 aromatic carbocycles. The fraction of sp³-hybridized carbons (Fsp3) is 0.500. The third-order valence-corrected chi connectivity index (χ3v) is 3.35. The molecule has 0 saturated carbocycles. The van der Waals surface area contributed by atoms with Crippen molar-refractivity contribution in [3.63, 3.8) is 0 Å². The average Bonchev–Trinajstić information content (AvgIpc) is 2.25. The second-order valence-electron chi connectivity index (χ2n) is 3.86. The van der Waals surface area contributed by atoms with E-state index < -0.39 is 11.7 Å². The highest BCUT2D eigenvalue weighted by Gasteiger charge is 2.31. The van der Waals surface area contributed by atoms with Gasteiger partial charge in [0, 0.05) is 10.5 Å². The van der Waals surface area contributed by atoms with Crippen LogP contribution in [-0.2, 0) is 6.18 Å². The number of halogens is 4. The first-order valence-corrected chi connectivity index (χ1v) is 6.23. The monoisotopic (exact) mass is 309 g/mol. The quantitative estimate of drug-likeness (QED) is 0.861. The Morgan fingerprint density at radius 3 is 2.47 bits per heavy atom. The van der Waals surface area contributed by atoms with E-state index in [-0.39, 0.29) is 6.04 Å². The molecular formula is C12H15BrF3N. The highest BCUT2D eigenvalue weighted by molar-refractivity contribution is 9.10. The molecule has 5 heteroatoms. The Kier molecular flexibility index (Phi) is 5.01. The fourth-order valence-electron chi connectivity index (χ4n) is 1.73. The van der Waals surface area contributed by atoms with Crippen molar-refractivity contribution < 1.29 is 13.2 Å². The van der Waals surface area contributed by atoms with Gasteiger partial charge in [-0.25, -0.2) is 0 Å². The highest BCUT2D eigenvalue weighted by Crippen LogP contribution is 2.34. The molecular weight excluding hydrogens is 295 g/mol. The summed E-state index contributed by atoms with van der Waals surface area (Å²) in [5, 5.41) is 3.04. The van der Waals surface area contributed by atoms with Crippen molar-refractivity contribution >= 4 is 15.9 Å². The van der Waals surface area contributed by atoms with Crippen LogP contribution in [0.15, 0.2) is 22.7 Å². The van der Waals surface area contributed by atoms with Crippen LogP contribution in [0.3, 0.4) is 0 Å². The second-order valence-corrected chi connectivity index (χ2v) is 4.72. The first-order chi connectivity index (χ1) is 7.90. The molecule has 1 nitrogen and oxygen atoms in total. The Morgan fingerprint density at radius 2 is 2.00 bits per heavy atom. The van der Waals surface area contributed by atoms with E-state index in [4.69, 9.17) is 0 Å². The molecule has 0 aromatic heterocycles. The summed E-state index contributed by atoms with van der Waals surface area (Å²) in [7, 11) is 1.76. The van der Waals surface area contributed by atoms with E-state index in [1.165, 1.54) is 12.1 Å². The summed E-state index contributed by atoms with van der Waals surface area (Å²) in [6.45, 7) is 2.01. The van der Waals surface area contributed by atoms with Crippen LogP contribution in [-0.4, -0.2) is 7.05 Å². The predicted molar refractivity (Wildman–Crippen MR) is 65.9 cm³/mol. The average molecular weight is 310 g/mol. The van der Waals surface area contributed by atoms with Gasteiger partial charge in [0.15, 0.2) is 0 Å². The van der Waals surface area contributed by atoms with Crippen LogP contribution >= 0.6 is 15.9 Å². The molecule has 0 spiro atoms. The van der Waals surface area contributed by atoms with E-state index >= 15 is 0 Å². The minimum Gasteiger partial charge on any atom is -0.313 e. The van der Waals surface area contributed by atoms with Crippen molar-refractivity contribution in [1.82, 2.24) is 5.32 Å². The summed E-state index contributed by atoms with van der Waals surface area (Å²) >= 11 is 3.30. The second kappa shape index (κ2) is 5.87. The van der Waals surface area contributed by atoms with Crippen molar-refractivity contribution in [3.05, 3.63) is 33.8 Å². The van der Waals surface area contributed by atoms with Crippen molar-refractivity contribution in [1.29, 1.82) is 0 Å². The van der Waals surface area contributed by atoms with Gasteiger partial charge in [-0.2, -0.15) is 13.2 Å². The molecule has 0 aliphatic rings. The summed E-state index contributed by atoms with van der Waals surface area (Å²) in [5.41, 5.74) is 0.0521. The maximum atomic E-state index is 12.6. The smallest absolute Gasteiger partial charge is 0.313 e. The molecule has 1 unspecified atom stereocenters. The van der Waals surface area contributed by atoms with Crippen LogP contribution < -0.4 is 5.32 Å². The summed E-state index contributed by atoms with van der Waals surface area (Å²) in [6.07, 6.45) is -2.58. The van der Waals surface area contributed by atoms with Gasteiger partial charge in [0.05, 0.1) is 5.56 Å². The Morgan fingerprint density at radius 1 is 1.35 bits per heavy atom. The number of hydrogen-bond donors (Lipinski definition) is 1. The molecule has 1 N–H and O–H groups in total. The molecule has 1 rings (SSSR count). The van der Waals surface area contributed by atoms with E-state index in [1.54, 1.807) is 7.05 Å². The molecule has 0 radical (unpaired) electrons. The molecule has 17 heavy (non-hydrogen) atoms. The molecule has 0 aliphatic carbocycles. The van der Waals surface area contributed by atoms with Gasteiger partial charge in [0.1, 0.15) is 0 Å². The summed E-state index contributed by atoms with van der Waals surface area (Å²) in [6, 6.07) is 3.70. The number of rotatable bonds is 4. The molecule has 0 bridgehead atoms. The maximum Gasteiger partial charge on any atom is 0.416 e. The van der Waals surface area contributed by atoms with Crippen molar-refractivity contribution in [3.8, 4) is 0 Å². The minimum absolute atomic E-state index is 0.0586. The third-order valence-electron chi connectivity index (χ3n) is 2.62. The lowest BCUT2D eigenvalue weighted by molar-refractivity contribution is -0.137. The topological polar surface area (TPSA) is 12.0 Å². The van der Waals surface area contributed by atoms with Gasteiger partial charge in [-0.15, -0.1) is 0 Å². The highest BCUT2D eigenvalue weighted by atomic mass is 79.9. The molecule has 0 heterocycles. The first-order valence-electron chi connectivity index (χ1n) is 5.44. The Balaban J connectivity index is 3.13. The van der Waals surface area contributed by atoms with E-state index in [2.05, 4.69) is 21.2 Å². The Bertz CT molecular complexity index is 377. The molecule has 96 valence electrons. The largest absolute Gasteiger partial charge is 0.416 e. The first kappa shape index (κ1) is 14.5. The number of hydrogen-bond acceptors (Lipinski definition) is 1. The van der Waals surface area contributed by atoms with Gasteiger partial charge in [0.25, 0.3) is 0 Å². The van der Waals surface area contributed by atoms with Crippen LogP contribution in [0.2, 0.25) is 0 Å². The van der Waals surface area contributed by atoms with Crippen molar-refractivity contribution in [2.75, 3.05) is 7.05 Å². The number of nitrogens with one attached hydrogen (secondary N) is 1. The molecule has 0 aliphatic heterocycles. The van der Waals surface area contributed by atoms with Crippen LogP contribution in [0.25, 0.3) is 0 Å². The van der Waals surface area contributed by atoms with Crippen molar-refractivity contribution in [2.45, 2.75) is 32.0 Å². The van der Waals surface area contributed by atoms with E-state index in [1.807, 2.05) is 6.92 Å². The van der Waals surface area contributed by atoms with Gasteiger partial charge in [-0.05, 0) is 37.2 Å². The lowest BCUT2D eigenvalue weighted by atomic mass is 10.00. The van der Waals surface area contributed by atoms with Crippen LogP contribution in [0.1, 0.15) is 36.9 Å². The molecule has 0 amide bonds. The van der Waals surface area contributed by atoms with Crippen LogP contribution in [0.4, 0.5) is 13.2 Å². The van der Waals surface area contributed by atoms with Gasteiger partial charge < -0.3 is 5.32 Å². The summed E-state index contributed by atoms with van der Waals surface area (Å²) < 4.78 is 38.6. The van der Waals surface area contributed by atoms with Gasteiger partial charge in [0.2, 0.25) is 0 Å². The zero-order valence-electron chi connectivity index (χ0n) is 9.74. The third kappa shape index (κ3) is 3.71. The number of benzene rings is 1. The van der Waals surface area contributed by atoms with Gasteiger partial charge >= 0.3 is 6.18 Å².